The molecule has 0 saturated heterocycles. The van der Waals surface area contributed by atoms with Crippen LogP contribution in [0.15, 0.2) is 0 Å². The second-order valence-electron chi connectivity index (χ2n) is 6.82. The van der Waals surface area contributed by atoms with Gasteiger partial charge in [-0.1, -0.05) is 26.7 Å². The average Bonchev–Trinajstić information content (AvgIpc) is 2.89. The molecule has 2 aliphatic rings. The second kappa shape index (κ2) is 6.91. The first-order valence-electron chi connectivity index (χ1n) is 8.13. The molecule has 106 valence electrons. The van der Waals surface area contributed by atoms with Gasteiger partial charge in [-0.2, -0.15) is 0 Å². The zero-order valence-electron chi connectivity index (χ0n) is 12.6. The summed E-state index contributed by atoms with van der Waals surface area (Å²) >= 11 is 0. The van der Waals surface area contributed by atoms with Crippen LogP contribution in [0.5, 0.6) is 0 Å². The molecular formula is C16H32N2. The standard InChI is InChI=1S/C16H32N2/c1-13(2)12-18(15-6-4-5-7-15)16-10-8-14(17-3)9-11-16/h13-17H,4-12H2,1-3H3. The van der Waals surface area contributed by atoms with Crippen molar-refractivity contribution in [2.45, 2.75) is 83.3 Å². The van der Waals surface area contributed by atoms with E-state index in [2.05, 4.69) is 31.1 Å². The smallest absolute Gasteiger partial charge is 0.00994 e. The molecule has 2 saturated carbocycles. The molecule has 2 aliphatic carbocycles. The monoisotopic (exact) mass is 252 g/mol. The first kappa shape index (κ1) is 14.3. The highest BCUT2D eigenvalue weighted by Crippen LogP contribution is 2.31. The molecule has 0 bridgehead atoms. The fourth-order valence-electron chi connectivity index (χ4n) is 3.95. The van der Waals surface area contributed by atoms with Gasteiger partial charge in [0.25, 0.3) is 0 Å². The van der Waals surface area contributed by atoms with E-state index in [0.29, 0.717) is 0 Å². The fraction of sp³-hybridized carbons (Fsp3) is 1.00. The van der Waals surface area contributed by atoms with Crippen molar-refractivity contribution in [2.75, 3.05) is 13.6 Å². The quantitative estimate of drug-likeness (QED) is 0.806. The molecule has 0 radical (unpaired) electrons. The molecule has 0 atom stereocenters. The largest absolute Gasteiger partial charge is 0.317 e. The third kappa shape index (κ3) is 3.71. The zero-order chi connectivity index (χ0) is 13.0. The summed E-state index contributed by atoms with van der Waals surface area (Å²) in [5.41, 5.74) is 0. The molecule has 0 aliphatic heterocycles. The summed E-state index contributed by atoms with van der Waals surface area (Å²) in [5.74, 6) is 0.813. The van der Waals surface area contributed by atoms with E-state index in [-0.39, 0.29) is 0 Å². The minimum Gasteiger partial charge on any atom is -0.317 e. The molecule has 2 heteroatoms. The Hall–Kier alpha value is -0.0800. The summed E-state index contributed by atoms with van der Waals surface area (Å²) in [6.45, 7) is 6.07. The number of nitrogens with zero attached hydrogens (tertiary/aromatic N) is 1. The van der Waals surface area contributed by atoms with E-state index < -0.39 is 0 Å². The Morgan fingerprint density at radius 1 is 0.944 bits per heavy atom. The molecule has 0 spiro atoms. The number of hydrogen-bond acceptors (Lipinski definition) is 2. The SMILES string of the molecule is CNC1CCC(N(CC(C)C)C2CCCC2)CC1. The van der Waals surface area contributed by atoms with Crippen LogP contribution < -0.4 is 5.32 Å². The third-order valence-corrected chi connectivity index (χ3v) is 4.94. The lowest BCUT2D eigenvalue weighted by Gasteiger charge is -2.41. The van der Waals surface area contributed by atoms with Crippen LogP contribution >= 0.6 is 0 Å². The van der Waals surface area contributed by atoms with Crippen LogP contribution in [-0.4, -0.2) is 36.6 Å². The first-order valence-corrected chi connectivity index (χ1v) is 8.13. The Morgan fingerprint density at radius 2 is 1.50 bits per heavy atom. The van der Waals surface area contributed by atoms with E-state index in [1.54, 1.807) is 0 Å². The summed E-state index contributed by atoms with van der Waals surface area (Å²) in [5, 5.41) is 3.46. The summed E-state index contributed by atoms with van der Waals surface area (Å²) < 4.78 is 0. The van der Waals surface area contributed by atoms with Crippen LogP contribution in [0.4, 0.5) is 0 Å². The number of hydrogen-bond donors (Lipinski definition) is 1. The predicted molar refractivity (Wildman–Crippen MR) is 78.9 cm³/mol. The van der Waals surface area contributed by atoms with Gasteiger partial charge >= 0.3 is 0 Å². The topological polar surface area (TPSA) is 15.3 Å². The van der Waals surface area contributed by atoms with E-state index >= 15 is 0 Å². The van der Waals surface area contributed by atoms with Crippen molar-refractivity contribution in [3.8, 4) is 0 Å². The minimum atomic E-state index is 0.783. The maximum atomic E-state index is 3.46. The molecule has 1 N–H and O–H groups in total. The maximum absolute atomic E-state index is 3.46. The van der Waals surface area contributed by atoms with E-state index in [9.17, 15) is 0 Å². The molecule has 2 nitrogen and oxygen atoms in total. The van der Waals surface area contributed by atoms with E-state index in [1.807, 2.05) is 0 Å². The molecule has 0 amide bonds. The van der Waals surface area contributed by atoms with Crippen LogP contribution in [0.25, 0.3) is 0 Å². The van der Waals surface area contributed by atoms with Gasteiger partial charge in [0.1, 0.15) is 0 Å². The van der Waals surface area contributed by atoms with Crippen LogP contribution in [0.1, 0.15) is 65.2 Å². The fourth-order valence-corrected chi connectivity index (χ4v) is 3.95. The highest BCUT2D eigenvalue weighted by atomic mass is 15.2. The summed E-state index contributed by atoms with van der Waals surface area (Å²) in [7, 11) is 2.12. The van der Waals surface area contributed by atoms with Crippen molar-refractivity contribution in [3.05, 3.63) is 0 Å². The van der Waals surface area contributed by atoms with Crippen molar-refractivity contribution in [3.63, 3.8) is 0 Å². The van der Waals surface area contributed by atoms with Gasteiger partial charge in [0, 0.05) is 24.7 Å². The zero-order valence-corrected chi connectivity index (χ0v) is 12.6. The van der Waals surface area contributed by atoms with E-state index in [0.717, 1.165) is 24.0 Å². The van der Waals surface area contributed by atoms with Crippen molar-refractivity contribution in [2.24, 2.45) is 5.92 Å². The molecular weight excluding hydrogens is 220 g/mol. The summed E-state index contributed by atoms with van der Waals surface area (Å²) in [6.07, 6.45) is 11.4. The van der Waals surface area contributed by atoms with Gasteiger partial charge in [0.05, 0.1) is 0 Å². The van der Waals surface area contributed by atoms with Gasteiger partial charge in [-0.05, 0) is 51.5 Å². The summed E-state index contributed by atoms with van der Waals surface area (Å²) in [4.78, 5) is 2.89. The van der Waals surface area contributed by atoms with Crippen molar-refractivity contribution in [1.82, 2.24) is 10.2 Å². The summed E-state index contributed by atoms with van der Waals surface area (Å²) in [6, 6.07) is 2.56. The van der Waals surface area contributed by atoms with E-state index in [1.165, 1.54) is 57.9 Å². The lowest BCUT2D eigenvalue weighted by Crippen LogP contribution is -2.47. The Kier molecular flexibility index (Phi) is 5.50. The van der Waals surface area contributed by atoms with E-state index in [4.69, 9.17) is 0 Å². The molecule has 0 aromatic rings. The normalized spacial score (nSPS) is 30.5. The van der Waals surface area contributed by atoms with Gasteiger partial charge in [-0.3, -0.25) is 4.90 Å². The Morgan fingerprint density at radius 3 is 2.00 bits per heavy atom. The van der Waals surface area contributed by atoms with Crippen molar-refractivity contribution in [1.29, 1.82) is 0 Å². The number of nitrogens with one attached hydrogen (secondary N) is 1. The molecule has 0 heterocycles. The van der Waals surface area contributed by atoms with Gasteiger partial charge in [-0.25, -0.2) is 0 Å². The lowest BCUT2D eigenvalue weighted by molar-refractivity contribution is 0.0856. The van der Waals surface area contributed by atoms with Gasteiger partial charge in [0.15, 0.2) is 0 Å². The molecule has 18 heavy (non-hydrogen) atoms. The van der Waals surface area contributed by atoms with Gasteiger partial charge in [0.2, 0.25) is 0 Å². The average molecular weight is 252 g/mol. The molecule has 0 unspecified atom stereocenters. The Balaban J connectivity index is 1.91. The van der Waals surface area contributed by atoms with Gasteiger partial charge < -0.3 is 5.32 Å². The molecule has 2 fully saturated rings. The van der Waals surface area contributed by atoms with Crippen molar-refractivity contribution >= 4 is 0 Å². The van der Waals surface area contributed by atoms with Gasteiger partial charge in [-0.15, -0.1) is 0 Å². The number of rotatable bonds is 5. The van der Waals surface area contributed by atoms with Crippen LogP contribution in [0.3, 0.4) is 0 Å². The maximum Gasteiger partial charge on any atom is 0.00994 e. The third-order valence-electron chi connectivity index (χ3n) is 4.94. The molecule has 0 aromatic heterocycles. The molecule has 2 rings (SSSR count). The predicted octanol–water partition coefficient (Wildman–Crippen LogP) is 3.42. The Labute approximate surface area is 114 Å². The first-order chi connectivity index (χ1) is 8.70. The van der Waals surface area contributed by atoms with Crippen LogP contribution in [0.2, 0.25) is 0 Å². The Bertz CT molecular complexity index is 225. The van der Waals surface area contributed by atoms with Crippen molar-refractivity contribution < 1.29 is 0 Å². The lowest BCUT2D eigenvalue weighted by atomic mass is 9.88. The highest BCUT2D eigenvalue weighted by molar-refractivity contribution is 4.88. The van der Waals surface area contributed by atoms with Crippen LogP contribution in [-0.2, 0) is 0 Å². The minimum absolute atomic E-state index is 0.783. The second-order valence-corrected chi connectivity index (χ2v) is 6.82. The van der Waals surface area contributed by atoms with Crippen LogP contribution in [0, 0.1) is 5.92 Å². The molecule has 0 aromatic carbocycles. The highest BCUT2D eigenvalue weighted by Gasteiger charge is 2.31.